The van der Waals surface area contributed by atoms with Crippen molar-refractivity contribution in [3.8, 4) is 0 Å². The van der Waals surface area contributed by atoms with Crippen LogP contribution in [-0.2, 0) is 4.74 Å². The topological polar surface area (TPSA) is 45.7 Å². The van der Waals surface area contributed by atoms with Gasteiger partial charge in [0.05, 0.1) is 6.10 Å². The van der Waals surface area contributed by atoms with E-state index in [1.807, 2.05) is 7.05 Å². The summed E-state index contributed by atoms with van der Waals surface area (Å²) in [4.78, 5) is 4.30. The fraction of sp³-hybridized carbons (Fsp3) is 0.944. The van der Waals surface area contributed by atoms with Gasteiger partial charge in [-0.15, -0.1) is 24.0 Å². The van der Waals surface area contributed by atoms with Crippen LogP contribution >= 0.6 is 35.7 Å². The summed E-state index contributed by atoms with van der Waals surface area (Å²) in [6.07, 6.45) is 13.6. The maximum atomic E-state index is 6.03. The van der Waals surface area contributed by atoms with Gasteiger partial charge in [-0.1, -0.05) is 25.7 Å². The van der Waals surface area contributed by atoms with Crippen LogP contribution in [0.5, 0.6) is 0 Å². The van der Waals surface area contributed by atoms with Gasteiger partial charge in [-0.2, -0.15) is 11.8 Å². The molecule has 1 heterocycles. The van der Waals surface area contributed by atoms with Crippen molar-refractivity contribution >= 4 is 41.7 Å². The molecule has 0 aromatic heterocycles. The van der Waals surface area contributed by atoms with Gasteiger partial charge in [0.15, 0.2) is 5.96 Å². The molecule has 0 spiro atoms. The van der Waals surface area contributed by atoms with Crippen molar-refractivity contribution in [3.05, 3.63) is 0 Å². The summed E-state index contributed by atoms with van der Waals surface area (Å²) in [5.41, 5.74) is 0. The minimum Gasteiger partial charge on any atom is -0.378 e. The Bertz CT molecular complexity index is 330. The molecule has 0 amide bonds. The number of hydrogen-bond donors (Lipinski definition) is 2. The average Bonchev–Trinajstić information content (AvgIpc) is 2.96. The van der Waals surface area contributed by atoms with E-state index in [4.69, 9.17) is 4.74 Å². The van der Waals surface area contributed by atoms with Gasteiger partial charge in [-0.05, 0) is 44.3 Å². The number of hydrogen-bond acceptors (Lipinski definition) is 3. The highest BCUT2D eigenvalue weighted by Crippen LogP contribution is 2.25. The molecule has 4 nitrogen and oxygen atoms in total. The second-order valence-corrected chi connectivity index (χ2v) is 8.11. The molecule has 2 fully saturated rings. The third-order valence-corrected chi connectivity index (χ3v) is 6.16. The first-order valence-electron chi connectivity index (χ1n) is 9.56. The summed E-state index contributed by atoms with van der Waals surface area (Å²) in [7, 11) is 1.85. The summed E-state index contributed by atoms with van der Waals surface area (Å²) >= 11 is 2.08. The fourth-order valence-corrected chi connectivity index (χ4v) is 4.53. The van der Waals surface area contributed by atoms with Gasteiger partial charge >= 0.3 is 0 Å². The molecule has 0 radical (unpaired) electrons. The van der Waals surface area contributed by atoms with Gasteiger partial charge in [0.25, 0.3) is 0 Å². The second kappa shape index (κ2) is 14.5. The highest BCUT2D eigenvalue weighted by molar-refractivity contribution is 14.0. The summed E-state index contributed by atoms with van der Waals surface area (Å²) in [5, 5.41) is 7.63. The highest BCUT2D eigenvalue weighted by Gasteiger charge is 2.15. The number of halogens is 1. The molecule has 0 aromatic carbocycles. The van der Waals surface area contributed by atoms with E-state index in [2.05, 4.69) is 27.4 Å². The smallest absolute Gasteiger partial charge is 0.191 e. The molecule has 1 aliphatic carbocycles. The Hall–Kier alpha value is 0.310. The van der Waals surface area contributed by atoms with E-state index in [1.165, 1.54) is 57.1 Å². The molecule has 1 saturated carbocycles. The lowest BCUT2D eigenvalue weighted by Gasteiger charge is -2.16. The van der Waals surface area contributed by atoms with E-state index < -0.39 is 0 Å². The van der Waals surface area contributed by atoms with Gasteiger partial charge in [0.1, 0.15) is 0 Å². The summed E-state index contributed by atoms with van der Waals surface area (Å²) in [5.74, 6) is 2.27. The minimum atomic E-state index is 0. The SMILES string of the molecule is CN=C(NCCCCOC1CCCCCC1)NCC1CCCS1.I. The summed E-state index contributed by atoms with van der Waals surface area (Å²) in [6, 6.07) is 0. The molecule has 1 aliphatic heterocycles. The molecule has 0 aromatic rings. The van der Waals surface area contributed by atoms with Crippen molar-refractivity contribution in [2.75, 3.05) is 32.5 Å². The lowest BCUT2D eigenvalue weighted by atomic mass is 10.1. The molecule has 142 valence electrons. The largest absolute Gasteiger partial charge is 0.378 e. The second-order valence-electron chi connectivity index (χ2n) is 6.71. The van der Waals surface area contributed by atoms with E-state index >= 15 is 0 Å². The highest BCUT2D eigenvalue weighted by atomic mass is 127. The Morgan fingerprint density at radius 1 is 1.04 bits per heavy atom. The third kappa shape index (κ3) is 9.70. The minimum absolute atomic E-state index is 0. The molecule has 2 aliphatic rings. The van der Waals surface area contributed by atoms with Gasteiger partial charge in [0.2, 0.25) is 0 Å². The number of rotatable bonds is 8. The molecule has 24 heavy (non-hydrogen) atoms. The normalized spacial score (nSPS) is 22.7. The van der Waals surface area contributed by atoms with E-state index in [9.17, 15) is 0 Å². The Morgan fingerprint density at radius 2 is 1.83 bits per heavy atom. The molecule has 2 N–H and O–H groups in total. The lowest BCUT2D eigenvalue weighted by molar-refractivity contribution is 0.0411. The van der Waals surface area contributed by atoms with E-state index in [0.717, 1.165) is 43.7 Å². The van der Waals surface area contributed by atoms with Gasteiger partial charge in [-0.3, -0.25) is 4.99 Å². The van der Waals surface area contributed by atoms with E-state index in [1.54, 1.807) is 0 Å². The van der Waals surface area contributed by atoms with Crippen molar-refractivity contribution in [1.82, 2.24) is 10.6 Å². The van der Waals surface area contributed by atoms with Crippen molar-refractivity contribution in [2.45, 2.75) is 75.6 Å². The Morgan fingerprint density at radius 3 is 2.50 bits per heavy atom. The number of guanidine groups is 1. The number of nitrogens with zero attached hydrogens (tertiary/aromatic N) is 1. The zero-order chi connectivity index (χ0) is 16.2. The first kappa shape index (κ1) is 22.4. The predicted octanol–water partition coefficient (Wildman–Crippen LogP) is 4.18. The molecular formula is C18H36IN3OS. The Balaban J connectivity index is 0.00000288. The maximum Gasteiger partial charge on any atom is 0.191 e. The zero-order valence-electron chi connectivity index (χ0n) is 15.2. The maximum absolute atomic E-state index is 6.03. The number of aliphatic imine (C=N–C) groups is 1. The van der Waals surface area contributed by atoms with Crippen molar-refractivity contribution in [1.29, 1.82) is 0 Å². The van der Waals surface area contributed by atoms with Crippen LogP contribution in [0.25, 0.3) is 0 Å². The molecule has 1 saturated heterocycles. The van der Waals surface area contributed by atoms with Crippen LogP contribution in [0.4, 0.5) is 0 Å². The predicted molar refractivity (Wildman–Crippen MR) is 117 cm³/mol. The van der Waals surface area contributed by atoms with Crippen LogP contribution in [0.15, 0.2) is 4.99 Å². The first-order valence-corrected chi connectivity index (χ1v) is 10.6. The molecule has 0 bridgehead atoms. The van der Waals surface area contributed by atoms with E-state index in [0.29, 0.717) is 6.10 Å². The van der Waals surface area contributed by atoms with Crippen LogP contribution in [-0.4, -0.2) is 49.8 Å². The third-order valence-electron chi connectivity index (χ3n) is 4.76. The number of nitrogens with one attached hydrogen (secondary N) is 2. The van der Waals surface area contributed by atoms with Crippen molar-refractivity contribution in [2.24, 2.45) is 4.99 Å². The molecule has 1 atom stereocenters. The fourth-order valence-electron chi connectivity index (χ4n) is 3.33. The van der Waals surface area contributed by atoms with Gasteiger partial charge in [-0.25, -0.2) is 0 Å². The van der Waals surface area contributed by atoms with Gasteiger partial charge in [0, 0.05) is 32.0 Å². The molecule has 2 rings (SSSR count). The van der Waals surface area contributed by atoms with Gasteiger partial charge < -0.3 is 15.4 Å². The van der Waals surface area contributed by atoms with Crippen molar-refractivity contribution in [3.63, 3.8) is 0 Å². The molecular weight excluding hydrogens is 433 g/mol. The first-order chi connectivity index (χ1) is 11.4. The van der Waals surface area contributed by atoms with Crippen LogP contribution in [0.2, 0.25) is 0 Å². The van der Waals surface area contributed by atoms with Crippen LogP contribution < -0.4 is 10.6 Å². The number of ether oxygens (including phenoxy) is 1. The molecule has 6 heteroatoms. The summed E-state index contributed by atoms with van der Waals surface area (Å²) in [6.45, 7) is 2.93. The lowest BCUT2D eigenvalue weighted by Crippen LogP contribution is -2.40. The monoisotopic (exact) mass is 469 g/mol. The van der Waals surface area contributed by atoms with Crippen LogP contribution in [0, 0.1) is 0 Å². The van der Waals surface area contributed by atoms with Crippen LogP contribution in [0.1, 0.15) is 64.2 Å². The van der Waals surface area contributed by atoms with Crippen molar-refractivity contribution < 1.29 is 4.74 Å². The Labute approximate surface area is 169 Å². The Kier molecular flexibility index (Phi) is 13.5. The van der Waals surface area contributed by atoms with E-state index in [-0.39, 0.29) is 24.0 Å². The standard InChI is InChI=1S/C18H35N3OS.HI/c1-19-18(21-15-17-11-8-14-23-17)20-12-6-7-13-22-16-9-4-2-3-5-10-16;/h16-17H,2-15H2,1H3,(H2,19,20,21);1H. The quantitative estimate of drug-likeness (QED) is 0.184. The summed E-state index contributed by atoms with van der Waals surface area (Å²) < 4.78 is 6.03. The number of thioether (sulfide) groups is 1. The number of unbranched alkanes of at least 4 members (excludes halogenated alkanes) is 1. The zero-order valence-corrected chi connectivity index (χ0v) is 18.4. The van der Waals surface area contributed by atoms with Crippen LogP contribution in [0.3, 0.4) is 0 Å². The molecule has 1 unspecified atom stereocenters. The average molecular weight is 469 g/mol.